The minimum absolute atomic E-state index is 0.361. The average Bonchev–Trinajstić information content (AvgIpc) is 2.63. The van der Waals surface area contributed by atoms with Gasteiger partial charge >= 0.3 is 0 Å². The van der Waals surface area contributed by atoms with Gasteiger partial charge in [0.05, 0.1) is 6.54 Å². The summed E-state index contributed by atoms with van der Waals surface area (Å²) in [5.41, 5.74) is 0.361. The van der Waals surface area contributed by atoms with Crippen molar-refractivity contribution in [3.8, 4) is 0 Å². The summed E-state index contributed by atoms with van der Waals surface area (Å²) in [6.45, 7) is 3.19. The molecule has 0 aromatic carbocycles. The molecule has 2 aliphatic rings. The number of aliphatic imine (C=N–C) groups is 1. The van der Waals surface area contributed by atoms with Gasteiger partial charge in [-0.2, -0.15) is 0 Å². The Kier molecular flexibility index (Phi) is 3.80. The predicted octanol–water partition coefficient (Wildman–Crippen LogP) is 1.94. The molecule has 2 fully saturated rings. The van der Waals surface area contributed by atoms with Gasteiger partial charge in [0.2, 0.25) is 0 Å². The molecule has 1 saturated carbocycles. The van der Waals surface area contributed by atoms with Crippen LogP contribution in [0.3, 0.4) is 0 Å². The topological polar surface area (TPSA) is 27.6 Å². The Balaban J connectivity index is 1.88. The molecule has 0 amide bonds. The van der Waals surface area contributed by atoms with Crippen LogP contribution in [0, 0.1) is 0 Å². The van der Waals surface area contributed by atoms with E-state index >= 15 is 0 Å². The zero-order valence-electron chi connectivity index (χ0n) is 10.6. The van der Waals surface area contributed by atoms with Crippen LogP contribution in [0.5, 0.6) is 0 Å². The first-order valence-corrected chi connectivity index (χ1v) is 7.26. The standard InChI is InChI=1S/C12H23N3S/c1-4-10-8-16-11(14-10)13-9-12(15(2)3)6-5-7-12/h10H,4-9H2,1-3H3,(H,13,14). The van der Waals surface area contributed by atoms with Crippen LogP contribution in [-0.2, 0) is 0 Å². The van der Waals surface area contributed by atoms with Crippen LogP contribution in [0.25, 0.3) is 0 Å². The largest absolute Gasteiger partial charge is 0.361 e. The molecule has 0 radical (unpaired) electrons. The molecule has 1 unspecified atom stereocenters. The molecule has 1 heterocycles. The molecular formula is C12H23N3S. The Morgan fingerprint density at radius 1 is 1.50 bits per heavy atom. The molecule has 92 valence electrons. The minimum atomic E-state index is 0.361. The number of nitrogens with one attached hydrogen (secondary N) is 1. The van der Waals surface area contributed by atoms with E-state index in [0.717, 1.165) is 6.54 Å². The zero-order valence-corrected chi connectivity index (χ0v) is 11.4. The number of thioether (sulfide) groups is 1. The third-order valence-electron chi connectivity index (χ3n) is 3.99. The monoisotopic (exact) mass is 241 g/mol. The zero-order chi connectivity index (χ0) is 11.6. The van der Waals surface area contributed by atoms with E-state index in [2.05, 4.69) is 31.2 Å². The van der Waals surface area contributed by atoms with Gasteiger partial charge in [-0.3, -0.25) is 4.99 Å². The van der Waals surface area contributed by atoms with Gasteiger partial charge in [0.15, 0.2) is 5.17 Å². The van der Waals surface area contributed by atoms with E-state index < -0.39 is 0 Å². The van der Waals surface area contributed by atoms with Gasteiger partial charge in [-0.15, -0.1) is 0 Å². The first-order valence-electron chi connectivity index (χ1n) is 6.27. The quantitative estimate of drug-likeness (QED) is 0.815. The molecule has 16 heavy (non-hydrogen) atoms. The molecule has 1 aliphatic carbocycles. The molecule has 0 bridgehead atoms. The Hall–Kier alpha value is -0.220. The highest BCUT2D eigenvalue weighted by molar-refractivity contribution is 8.14. The second-order valence-corrected chi connectivity index (χ2v) is 6.16. The van der Waals surface area contributed by atoms with Crippen LogP contribution in [0.15, 0.2) is 4.99 Å². The summed E-state index contributed by atoms with van der Waals surface area (Å²) in [4.78, 5) is 7.12. The van der Waals surface area contributed by atoms with E-state index in [9.17, 15) is 0 Å². The molecule has 2 rings (SSSR count). The lowest BCUT2D eigenvalue weighted by molar-refractivity contribution is 0.0700. The number of amidine groups is 1. The van der Waals surface area contributed by atoms with Gasteiger partial charge in [0.25, 0.3) is 0 Å². The maximum Gasteiger partial charge on any atom is 0.156 e. The fraction of sp³-hybridized carbons (Fsp3) is 0.917. The maximum atomic E-state index is 4.76. The lowest BCUT2D eigenvalue weighted by Gasteiger charge is -2.46. The van der Waals surface area contributed by atoms with Gasteiger partial charge in [-0.25, -0.2) is 0 Å². The van der Waals surface area contributed by atoms with Crippen molar-refractivity contribution in [3.05, 3.63) is 0 Å². The summed E-state index contributed by atoms with van der Waals surface area (Å²) in [5.74, 6) is 1.18. The van der Waals surface area contributed by atoms with Crippen molar-refractivity contribution in [2.24, 2.45) is 4.99 Å². The van der Waals surface area contributed by atoms with Crippen LogP contribution >= 0.6 is 11.8 Å². The third kappa shape index (κ3) is 2.38. The summed E-state index contributed by atoms with van der Waals surface area (Å²) < 4.78 is 0. The Morgan fingerprint density at radius 2 is 2.25 bits per heavy atom. The molecule has 3 nitrogen and oxygen atoms in total. The van der Waals surface area contributed by atoms with Crippen molar-refractivity contribution >= 4 is 16.9 Å². The second-order valence-electron chi connectivity index (χ2n) is 5.15. The van der Waals surface area contributed by atoms with E-state index in [1.54, 1.807) is 0 Å². The molecule has 1 N–H and O–H groups in total. The van der Waals surface area contributed by atoms with E-state index in [1.165, 1.54) is 36.6 Å². The number of hydrogen-bond donors (Lipinski definition) is 1. The smallest absolute Gasteiger partial charge is 0.156 e. The molecular weight excluding hydrogens is 218 g/mol. The summed E-state index contributed by atoms with van der Waals surface area (Å²) in [5, 5.41) is 4.66. The van der Waals surface area contributed by atoms with Crippen molar-refractivity contribution < 1.29 is 0 Å². The molecule has 1 aliphatic heterocycles. The summed E-state index contributed by atoms with van der Waals surface area (Å²) >= 11 is 1.88. The van der Waals surface area contributed by atoms with Gasteiger partial charge in [0.1, 0.15) is 0 Å². The summed E-state index contributed by atoms with van der Waals surface area (Å²) in [7, 11) is 4.37. The lowest BCUT2D eigenvalue weighted by Crippen LogP contribution is -2.52. The minimum Gasteiger partial charge on any atom is -0.361 e. The predicted molar refractivity (Wildman–Crippen MR) is 72.2 cm³/mol. The molecule has 1 saturated heterocycles. The highest BCUT2D eigenvalue weighted by atomic mass is 32.2. The van der Waals surface area contributed by atoms with Crippen LogP contribution in [0.1, 0.15) is 32.6 Å². The Morgan fingerprint density at radius 3 is 2.69 bits per heavy atom. The number of rotatable bonds is 4. The fourth-order valence-electron chi connectivity index (χ4n) is 2.30. The summed E-state index contributed by atoms with van der Waals surface area (Å²) in [6, 6.07) is 0.639. The number of likely N-dealkylation sites (N-methyl/N-ethyl adjacent to an activating group) is 1. The van der Waals surface area contributed by atoms with Gasteiger partial charge in [-0.05, 0) is 39.8 Å². The van der Waals surface area contributed by atoms with E-state index in [-0.39, 0.29) is 0 Å². The van der Waals surface area contributed by atoms with Gasteiger partial charge in [0, 0.05) is 17.3 Å². The van der Waals surface area contributed by atoms with Gasteiger partial charge in [-0.1, -0.05) is 18.7 Å². The fourth-order valence-corrected chi connectivity index (χ4v) is 3.38. The second kappa shape index (κ2) is 4.96. The van der Waals surface area contributed by atoms with Crippen LogP contribution in [0.2, 0.25) is 0 Å². The van der Waals surface area contributed by atoms with E-state index in [0.29, 0.717) is 11.6 Å². The maximum absolute atomic E-state index is 4.76. The van der Waals surface area contributed by atoms with Crippen molar-refractivity contribution in [1.82, 2.24) is 10.2 Å². The van der Waals surface area contributed by atoms with Crippen molar-refractivity contribution in [2.45, 2.75) is 44.2 Å². The molecule has 1 atom stereocenters. The lowest BCUT2D eigenvalue weighted by atomic mass is 9.76. The molecule has 0 aromatic heterocycles. The first-order chi connectivity index (χ1) is 7.66. The van der Waals surface area contributed by atoms with Crippen molar-refractivity contribution in [2.75, 3.05) is 26.4 Å². The van der Waals surface area contributed by atoms with Crippen molar-refractivity contribution in [1.29, 1.82) is 0 Å². The molecule has 0 spiro atoms. The number of nitrogens with zero attached hydrogens (tertiary/aromatic N) is 2. The Bertz CT molecular complexity index is 271. The molecule has 0 aromatic rings. The Labute approximate surface area is 103 Å². The van der Waals surface area contributed by atoms with Gasteiger partial charge < -0.3 is 10.2 Å². The third-order valence-corrected chi connectivity index (χ3v) is 5.08. The SMILES string of the molecule is CCC1CSC(=NCC2(N(C)C)CCC2)N1. The van der Waals surface area contributed by atoms with Crippen LogP contribution in [-0.4, -0.2) is 48.0 Å². The highest BCUT2D eigenvalue weighted by Crippen LogP contribution is 2.36. The average molecular weight is 241 g/mol. The van der Waals surface area contributed by atoms with E-state index in [4.69, 9.17) is 4.99 Å². The summed E-state index contributed by atoms with van der Waals surface area (Å²) in [6.07, 6.45) is 5.17. The highest BCUT2D eigenvalue weighted by Gasteiger charge is 2.39. The molecule has 4 heteroatoms. The van der Waals surface area contributed by atoms with Crippen molar-refractivity contribution in [3.63, 3.8) is 0 Å². The van der Waals surface area contributed by atoms with E-state index in [1.807, 2.05) is 11.8 Å². The van der Waals surface area contributed by atoms with Crippen LogP contribution < -0.4 is 5.32 Å². The normalized spacial score (nSPS) is 30.5. The first kappa shape index (κ1) is 12.2. The van der Waals surface area contributed by atoms with Crippen LogP contribution in [0.4, 0.5) is 0 Å². The number of hydrogen-bond acceptors (Lipinski definition) is 3.